The molecular weight excluding hydrogens is 374 g/mol. The lowest BCUT2D eigenvalue weighted by Gasteiger charge is -2.30. The SMILES string of the molecule is CCOC(=O)[C@@H]1CCCN(Cc2csc(CC(=O)Nc3ccc(C)cc3)n2)C1. The van der Waals surface area contributed by atoms with Crippen LogP contribution in [0.2, 0.25) is 0 Å². The summed E-state index contributed by atoms with van der Waals surface area (Å²) in [6, 6.07) is 7.74. The molecule has 1 fully saturated rings. The molecule has 0 bridgehead atoms. The summed E-state index contributed by atoms with van der Waals surface area (Å²) < 4.78 is 5.16. The van der Waals surface area contributed by atoms with E-state index in [1.807, 2.05) is 43.5 Å². The predicted octanol–water partition coefficient (Wildman–Crippen LogP) is 3.41. The van der Waals surface area contributed by atoms with Gasteiger partial charge in [0.05, 0.1) is 24.6 Å². The minimum atomic E-state index is -0.0982. The number of hydrogen-bond donors (Lipinski definition) is 1. The third-order valence-corrected chi connectivity index (χ3v) is 5.66. The maximum atomic E-state index is 12.2. The van der Waals surface area contributed by atoms with Crippen molar-refractivity contribution in [1.82, 2.24) is 9.88 Å². The number of carbonyl (C=O) groups is 2. The van der Waals surface area contributed by atoms with Gasteiger partial charge in [0, 0.05) is 24.2 Å². The number of benzene rings is 1. The molecule has 0 radical (unpaired) electrons. The van der Waals surface area contributed by atoms with Gasteiger partial charge in [-0.05, 0) is 45.4 Å². The van der Waals surface area contributed by atoms with Crippen LogP contribution in [0.25, 0.3) is 0 Å². The summed E-state index contributed by atoms with van der Waals surface area (Å²) in [6.07, 6.45) is 2.14. The monoisotopic (exact) mass is 401 g/mol. The Morgan fingerprint density at radius 1 is 1.32 bits per heavy atom. The number of esters is 1. The van der Waals surface area contributed by atoms with Gasteiger partial charge in [-0.2, -0.15) is 0 Å². The molecule has 1 aromatic heterocycles. The summed E-state index contributed by atoms with van der Waals surface area (Å²) in [5.41, 5.74) is 2.91. The number of thiazole rings is 1. The number of likely N-dealkylation sites (tertiary alicyclic amines) is 1. The zero-order chi connectivity index (χ0) is 19.9. The molecule has 1 atom stereocenters. The normalized spacial score (nSPS) is 17.3. The van der Waals surface area contributed by atoms with Crippen molar-refractivity contribution < 1.29 is 14.3 Å². The molecule has 3 rings (SSSR count). The number of ether oxygens (including phenoxy) is 1. The van der Waals surface area contributed by atoms with Gasteiger partial charge in [0.25, 0.3) is 0 Å². The summed E-state index contributed by atoms with van der Waals surface area (Å²) in [5, 5.41) is 5.71. The van der Waals surface area contributed by atoms with Crippen molar-refractivity contribution in [3.63, 3.8) is 0 Å². The second-order valence-corrected chi connectivity index (χ2v) is 8.09. The van der Waals surface area contributed by atoms with Gasteiger partial charge in [-0.3, -0.25) is 14.5 Å². The van der Waals surface area contributed by atoms with Crippen molar-refractivity contribution in [3.8, 4) is 0 Å². The molecule has 0 spiro atoms. The number of nitrogens with zero attached hydrogens (tertiary/aromatic N) is 2. The van der Waals surface area contributed by atoms with E-state index in [-0.39, 0.29) is 24.2 Å². The number of amides is 1. The van der Waals surface area contributed by atoms with Gasteiger partial charge in [0.15, 0.2) is 0 Å². The number of rotatable bonds is 7. The number of anilines is 1. The van der Waals surface area contributed by atoms with Crippen LogP contribution in [0.4, 0.5) is 5.69 Å². The fourth-order valence-corrected chi connectivity index (χ4v) is 4.15. The van der Waals surface area contributed by atoms with Gasteiger partial charge >= 0.3 is 5.97 Å². The molecule has 2 aromatic rings. The summed E-state index contributed by atoms with van der Waals surface area (Å²) in [5.74, 6) is -0.212. The Kier molecular flexibility index (Phi) is 7.17. The number of aromatic nitrogens is 1. The van der Waals surface area contributed by atoms with E-state index in [1.54, 1.807) is 0 Å². The molecule has 1 aromatic carbocycles. The molecule has 6 nitrogen and oxygen atoms in total. The van der Waals surface area contributed by atoms with Crippen molar-refractivity contribution in [2.24, 2.45) is 5.92 Å². The Hall–Kier alpha value is -2.25. The molecule has 1 aliphatic heterocycles. The first-order valence-electron chi connectivity index (χ1n) is 9.72. The number of nitrogens with one attached hydrogen (secondary N) is 1. The molecule has 28 heavy (non-hydrogen) atoms. The summed E-state index contributed by atoms with van der Waals surface area (Å²) in [6.45, 7) is 6.64. The molecule has 7 heteroatoms. The number of hydrogen-bond acceptors (Lipinski definition) is 6. The van der Waals surface area contributed by atoms with E-state index in [9.17, 15) is 9.59 Å². The van der Waals surface area contributed by atoms with Crippen molar-refractivity contribution in [3.05, 3.63) is 45.9 Å². The fraction of sp³-hybridized carbons (Fsp3) is 0.476. The average molecular weight is 402 g/mol. The molecule has 0 saturated carbocycles. The highest BCUT2D eigenvalue weighted by Crippen LogP contribution is 2.21. The maximum Gasteiger partial charge on any atom is 0.310 e. The average Bonchev–Trinajstić information content (AvgIpc) is 3.10. The van der Waals surface area contributed by atoms with Gasteiger partial charge in [-0.25, -0.2) is 4.98 Å². The lowest BCUT2D eigenvalue weighted by molar-refractivity contribution is -0.150. The van der Waals surface area contributed by atoms with Crippen molar-refractivity contribution in [2.45, 2.75) is 39.7 Å². The zero-order valence-electron chi connectivity index (χ0n) is 16.4. The van der Waals surface area contributed by atoms with Crippen LogP contribution < -0.4 is 5.32 Å². The van der Waals surface area contributed by atoms with E-state index in [0.717, 1.165) is 41.3 Å². The molecule has 0 unspecified atom stereocenters. The molecule has 2 heterocycles. The Labute approximate surface area is 169 Å². The van der Waals surface area contributed by atoms with Gasteiger partial charge in [-0.1, -0.05) is 17.7 Å². The van der Waals surface area contributed by atoms with Crippen molar-refractivity contribution in [1.29, 1.82) is 0 Å². The van der Waals surface area contributed by atoms with E-state index in [2.05, 4.69) is 15.2 Å². The van der Waals surface area contributed by atoms with Crippen LogP contribution in [0, 0.1) is 12.8 Å². The van der Waals surface area contributed by atoms with Crippen LogP contribution in [0.5, 0.6) is 0 Å². The highest BCUT2D eigenvalue weighted by molar-refractivity contribution is 7.09. The van der Waals surface area contributed by atoms with Gasteiger partial charge in [0.2, 0.25) is 5.91 Å². The molecule has 1 aliphatic rings. The second-order valence-electron chi connectivity index (χ2n) is 7.15. The summed E-state index contributed by atoms with van der Waals surface area (Å²) in [7, 11) is 0. The molecule has 1 amide bonds. The highest BCUT2D eigenvalue weighted by Gasteiger charge is 2.27. The van der Waals surface area contributed by atoms with E-state index >= 15 is 0 Å². The molecule has 150 valence electrons. The lowest BCUT2D eigenvalue weighted by atomic mass is 9.98. The van der Waals surface area contributed by atoms with Crippen LogP contribution in [0.15, 0.2) is 29.6 Å². The molecular formula is C21H27N3O3S. The van der Waals surface area contributed by atoms with Crippen LogP contribution in [-0.2, 0) is 27.3 Å². The number of carbonyl (C=O) groups excluding carboxylic acids is 2. The first kappa shape index (κ1) is 20.5. The zero-order valence-corrected chi connectivity index (χ0v) is 17.3. The Morgan fingerprint density at radius 3 is 2.86 bits per heavy atom. The highest BCUT2D eigenvalue weighted by atomic mass is 32.1. The summed E-state index contributed by atoms with van der Waals surface area (Å²) >= 11 is 1.50. The molecule has 1 N–H and O–H groups in total. The number of aryl methyl sites for hydroxylation is 1. The fourth-order valence-electron chi connectivity index (χ4n) is 3.36. The van der Waals surface area contributed by atoms with Gasteiger partial charge in [0.1, 0.15) is 5.01 Å². The Morgan fingerprint density at radius 2 is 2.11 bits per heavy atom. The smallest absolute Gasteiger partial charge is 0.310 e. The largest absolute Gasteiger partial charge is 0.466 e. The minimum Gasteiger partial charge on any atom is -0.466 e. The molecule has 1 saturated heterocycles. The van der Waals surface area contributed by atoms with Gasteiger partial charge < -0.3 is 10.1 Å². The van der Waals surface area contributed by atoms with Crippen molar-refractivity contribution >= 4 is 28.9 Å². The van der Waals surface area contributed by atoms with E-state index in [4.69, 9.17) is 4.74 Å². The Balaban J connectivity index is 1.50. The standard InChI is InChI=1S/C21H27N3O3S/c1-3-27-21(26)16-5-4-10-24(12-16)13-18-14-28-20(23-18)11-19(25)22-17-8-6-15(2)7-9-17/h6-9,14,16H,3-5,10-13H2,1-2H3,(H,22,25)/t16-/m1/s1. The third kappa shape index (κ3) is 5.87. The van der Waals surface area contributed by atoms with Crippen LogP contribution >= 0.6 is 11.3 Å². The van der Waals surface area contributed by atoms with Crippen LogP contribution in [0.1, 0.15) is 36.0 Å². The number of piperidine rings is 1. The lowest BCUT2D eigenvalue weighted by Crippen LogP contribution is -2.39. The predicted molar refractivity (Wildman–Crippen MR) is 110 cm³/mol. The first-order chi connectivity index (χ1) is 13.5. The first-order valence-corrected chi connectivity index (χ1v) is 10.6. The maximum absolute atomic E-state index is 12.2. The van der Waals surface area contributed by atoms with Gasteiger partial charge in [-0.15, -0.1) is 11.3 Å². The summed E-state index contributed by atoms with van der Waals surface area (Å²) in [4.78, 5) is 31.1. The topological polar surface area (TPSA) is 71.5 Å². The van der Waals surface area contributed by atoms with E-state index < -0.39 is 0 Å². The third-order valence-electron chi connectivity index (χ3n) is 4.76. The quantitative estimate of drug-likeness (QED) is 0.720. The second kappa shape index (κ2) is 9.80. The minimum absolute atomic E-state index is 0.0490. The van der Waals surface area contributed by atoms with Crippen molar-refractivity contribution in [2.75, 3.05) is 25.0 Å². The van der Waals surface area contributed by atoms with E-state index in [1.165, 1.54) is 11.3 Å². The van der Waals surface area contributed by atoms with E-state index in [0.29, 0.717) is 19.7 Å². The van der Waals surface area contributed by atoms with Crippen LogP contribution in [-0.4, -0.2) is 41.5 Å². The van der Waals surface area contributed by atoms with Crippen LogP contribution in [0.3, 0.4) is 0 Å². The molecule has 0 aliphatic carbocycles. The Bertz CT molecular complexity index is 803.